The van der Waals surface area contributed by atoms with Crippen LogP contribution < -0.4 is 11.5 Å². The largest absolute Gasteiger partial charge is 0.420 e. The Morgan fingerprint density at radius 1 is 1.44 bits per heavy atom. The molecule has 0 amide bonds. The average Bonchev–Trinajstić information content (AvgIpc) is 3.02. The highest BCUT2D eigenvalue weighted by molar-refractivity contribution is 5.74. The standard InChI is InChI=1S/C12H14N2O2/c13-6-5-8-1-4-10-11(7-8)16-12(15)14(10)9-2-3-9/h1,4,7,9H,2-3,5-6,13H2. The fourth-order valence-electron chi connectivity index (χ4n) is 2.08. The number of aromatic nitrogens is 1. The third-order valence-electron chi connectivity index (χ3n) is 3.02. The molecule has 16 heavy (non-hydrogen) atoms. The van der Waals surface area contributed by atoms with E-state index in [-0.39, 0.29) is 5.76 Å². The zero-order valence-corrected chi connectivity index (χ0v) is 8.98. The minimum Gasteiger partial charge on any atom is -0.408 e. The van der Waals surface area contributed by atoms with Crippen LogP contribution >= 0.6 is 0 Å². The van der Waals surface area contributed by atoms with Crippen LogP contribution in [0.4, 0.5) is 0 Å². The molecule has 2 aromatic rings. The Balaban J connectivity index is 2.15. The van der Waals surface area contributed by atoms with E-state index < -0.39 is 0 Å². The SMILES string of the molecule is NCCc1ccc2c(c1)oc(=O)n2C1CC1. The minimum absolute atomic E-state index is 0.234. The summed E-state index contributed by atoms with van der Waals surface area (Å²) in [5, 5.41) is 0. The van der Waals surface area contributed by atoms with Crippen LogP contribution in [0.1, 0.15) is 24.4 Å². The summed E-state index contributed by atoms with van der Waals surface area (Å²) in [5.74, 6) is -0.234. The summed E-state index contributed by atoms with van der Waals surface area (Å²) in [7, 11) is 0. The highest BCUT2D eigenvalue weighted by Gasteiger charge is 2.28. The molecule has 4 heteroatoms. The van der Waals surface area contributed by atoms with Gasteiger partial charge in [0.2, 0.25) is 0 Å². The molecule has 0 saturated heterocycles. The van der Waals surface area contributed by atoms with Crippen molar-refractivity contribution in [2.75, 3.05) is 6.54 Å². The molecular weight excluding hydrogens is 204 g/mol. The Morgan fingerprint density at radius 3 is 2.94 bits per heavy atom. The smallest absolute Gasteiger partial charge is 0.408 e. The summed E-state index contributed by atoms with van der Waals surface area (Å²) in [6, 6.07) is 6.25. The van der Waals surface area contributed by atoms with Crippen LogP contribution in [0.2, 0.25) is 0 Å². The molecule has 1 aromatic carbocycles. The highest BCUT2D eigenvalue weighted by atomic mass is 16.4. The molecule has 0 bridgehead atoms. The van der Waals surface area contributed by atoms with E-state index in [1.165, 1.54) is 0 Å². The van der Waals surface area contributed by atoms with E-state index in [4.69, 9.17) is 10.2 Å². The number of benzene rings is 1. The van der Waals surface area contributed by atoms with Crippen LogP contribution in [-0.4, -0.2) is 11.1 Å². The molecule has 1 aliphatic rings. The first kappa shape index (κ1) is 9.66. The molecule has 0 atom stereocenters. The van der Waals surface area contributed by atoms with Gasteiger partial charge in [-0.3, -0.25) is 4.57 Å². The van der Waals surface area contributed by atoms with Crippen LogP contribution in [0.5, 0.6) is 0 Å². The lowest BCUT2D eigenvalue weighted by Crippen LogP contribution is -2.11. The summed E-state index contributed by atoms with van der Waals surface area (Å²) in [4.78, 5) is 11.7. The van der Waals surface area contributed by atoms with Gasteiger partial charge < -0.3 is 10.2 Å². The lowest BCUT2D eigenvalue weighted by Gasteiger charge is -2.00. The average molecular weight is 218 g/mol. The third-order valence-corrected chi connectivity index (χ3v) is 3.02. The van der Waals surface area contributed by atoms with Gasteiger partial charge in [0.05, 0.1) is 5.52 Å². The summed E-state index contributed by atoms with van der Waals surface area (Å²) in [5.41, 5.74) is 8.21. The first-order valence-corrected chi connectivity index (χ1v) is 5.63. The molecule has 2 N–H and O–H groups in total. The van der Waals surface area contributed by atoms with Gasteiger partial charge in [0.15, 0.2) is 5.58 Å². The fourth-order valence-corrected chi connectivity index (χ4v) is 2.08. The Labute approximate surface area is 92.7 Å². The minimum atomic E-state index is -0.234. The van der Waals surface area contributed by atoms with Crippen molar-refractivity contribution in [2.45, 2.75) is 25.3 Å². The number of rotatable bonds is 3. The molecule has 1 fully saturated rings. The van der Waals surface area contributed by atoms with Crippen LogP contribution in [0.15, 0.2) is 27.4 Å². The van der Waals surface area contributed by atoms with Gasteiger partial charge in [0.1, 0.15) is 0 Å². The van der Waals surface area contributed by atoms with Crippen molar-refractivity contribution in [1.82, 2.24) is 4.57 Å². The molecular formula is C12H14N2O2. The fraction of sp³-hybridized carbons (Fsp3) is 0.417. The van der Waals surface area contributed by atoms with E-state index in [2.05, 4.69) is 0 Å². The maximum atomic E-state index is 11.7. The number of fused-ring (bicyclic) bond motifs is 1. The molecule has 1 aromatic heterocycles. The second-order valence-electron chi connectivity index (χ2n) is 4.31. The predicted molar refractivity (Wildman–Crippen MR) is 61.5 cm³/mol. The number of nitrogens with zero attached hydrogens (tertiary/aromatic N) is 1. The van der Waals surface area contributed by atoms with E-state index >= 15 is 0 Å². The predicted octanol–water partition coefficient (Wildman–Crippen LogP) is 1.43. The molecule has 0 aliphatic heterocycles. The first-order chi connectivity index (χ1) is 7.79. The number of nitrogens with two attached hydrogens (primary N) is 1. The summed E-state index contributed by atoms with van der Waals surface area (Å²) >= 11 is 0. The van der Waals surface area contributed by atoms with Crippen molar-refractivity contribution in [1.29, 1.82) is 0 Å². The van der Waals surface area contributed by atoms with Gasteiger partial charge in [0.25, 0.3) is 0 Å². The van der Waals surface area contributed by atoms with Crippen molar-refractivity contribution in [2.24, 2.45) is 5.73 Å². The first-order valence-electron chi connectivity index (χ1n) is 5.63. The Bertz CT molecular complexity index is 578. The summed E-state index contributed by atoms with van der Waals surface area (Å²) < 4.78 is 7.02. The monoisotopic (exact) mass is 218 g/mol. The van der Waals surface area contributed by atoms with Crippen molar-refractivity contribution in [3.63, 3.8) is 0 Å². The van der Waals surface area contributed by atoms with Crippen molar-refractivity contribution in [3.8, 4) is 0 Å². The van der Waals surface area contributed by atoms with Gasteiger partial charge in [-0.2, -0.15) is 0 Å². The molecule has 4 nitrogen and oxygen atoms in total. The number of oxazole rings is 1. The van der Waals surface area contributed by atoms with E-state index in [0.717, 1.165) is 30.3 Å². The van der Waals surface area contributed by atoms with Gasteiger partial charge in [-0.15, -0.1) is 0 Å². The van der Waals surface area contributed by atoms with Crippen molar-refractivity contribution < 1.29 is 4.42 Å². The van der Waals surface area contributed by atoms with Crippen LogP contribution in [0.3, 0.4) is 0 Å². The lowest BCUT2D eigenvalue weighted by molar-refractivity contribution is 0.509. The van der Waals surface area contributed by atoms with Gasteiger partial charge >= 0.3 is 5.76 Å². The molecule has 1 saturated carbocycles. The zero-order chi connectivity index (χ0) is 11.1. The van der Waals surface area contributed by atoms with Gasteiger partial charge in [-0.1, -0.05) is 6.07 Å². The topological polar surface area (TPSA) is 61.2 Å². The second kappa shape index (κ2) is 3.49. The Morgan fingerprint density at radius 2 is 2.25 bits per heavy atom. The maximum Gasteiger partial charge on any atom is 0.420 e. The van der Waals surface area contributed by atoms with Crippen LogP contribution in [0.25, 0.3) is 11.1 Å². The molecule has 1 aliphatic carbocycles. The van der Waals surface area contributed by atoms with E-state index in [1.54, 1.807) is 4.57 Å². The Kier molecular flexibility index (Phi) is 2.11. The van der Waals surface area contributed by atoms with E-state index in [1.807, 2.05) is 18.2 Å². The quantitative estimate of drug-likeness (QED) is 0.847. The zero-order valence-electron chi connectivity index (χ0n) is 8.98. The highest BCUT2D eigenvalue weighted by Crippen LogP contribution is 2.36. The number of hydrogen-bond acceptors (Lipinski definition) is 3. The van der Waals surface area contributed by atoms with E-state index in [9.17, 15) is 4.79 Å². The van der Waals surface area contributed by atoms with Crippen LogP contribution in [0, 0.1) is 0 Å². The molecule has 0 unspecified atom stereocenters. The molecule has 1 heterocycles. The van der Waals surface area contributed by atoms with E-state index in [0.29, 0.717) is 18.2 Å². The third kappa shape index (κ3) is 1.46. The van der Waals surface area contributed by atoms with Gasteiger partial charge in [-0.05, 0) is 43.5 Å². The summed E-state index contributed by atoms with van der Waals surface area (Å²) in [6.45, 7) is 0.610. The molecule has 0 spiro atoms. The maximum absolute atomic E-state index is 11.7. The second-order valence-corrected chi connectivity index (χ2v) is 4.31. The normalized spacial score (nSPS) is 15.8. The number of hydrogen-bond donors (Lipinski definition) is 1. The Hall–Kier alpha value is -1.55. The lowest BCUT2D eigenvalue weighted by atomic mass is 10.1. The van der Waals surface area contributed by atoms with Crippen LogP contribution in [-0.2, 0) is 6.42 Å². The molecule has 0 radical (unpaired) electrons. The molecule has 84 valence electrons. The van der Waals surface area contributed by atoms with Gasteiger partial charge in [-0.25, -0.2) is 4.79 Å². The van der Waals surface area contributed by atoms with Crippen molar-refractivity contribution in [3.05, 3.63) is 34.3 Å². The summed E-state index contributed by atoms with van der Waals surface area (Å²) in [6.07, 6.45) is 2.98. The van der Waals surface area contributed by atoms with Gasteiger partial charge in [0, 0.05) is 6.04 Å². The van der Waals surface area contributed by atoms with Crippen molar-refractivity contribution >= 4 is 11.1 Å². The molecule has 3 rings (SSSR count).